The molecule has 0 saturated carbocycles. The van der Waals surface area contributed by atoms with Crippen LogP contribution in [0.15, 0.2) is 72.8 Å². The SMILES string of the molecule is NC1(Nc2ccc(C(=O)O)cc2)NC(N)(Nc2ccc(C(=O)O)cc2)NC(N)(Nc2ccc(C(=O)O)cc2)N1. The zero-order chi connectivity index (χ0) is 28.4. The van der Waals surface area contributed by atoms with Gasteiger partial charge in [0, 0.05) is 17.1 Å². The van der Waals surface area contributed by atoms with Crippen LogP contribution >= 0.6 is 0 Å². The first-order valence-electron chi connectivity index (χ1n) is 11.4. The average molecular weight is 538 g/mol. The van der Waals surface area contributed by atoms with Crippen molar-refractivity contribution < 1.29 is 29.7 Å². The normalized spacial score (nSPS) is 24.4. The summed E-state index contributed by atoms with van der Waals surface area (Å²) in [7, 11) is 0. The molecule has 1 saturated heterocycles. The predicted octanol–water partition coefficient (Wildman–Crippen LogP) is -0.0903. The summed E-state index contributed by atoms with van der Waals surface area (Å²) in [5, 5.41) is 45.2. The molecule has 1 aliphatic rings. The van der Waals surface area contributed by atoms with Crippen LogP contribution in [-0.4, -0.2) is 51.0 Å². The van der Waals surface area contributed by atoms with Crippen molar-refractivity contribution in [3.05, 3.63) is 89.5 Å². The lowest BCUT2D eigenvalue weighted by atomic mass is 10.2. The fraction of sp³-hybridized carbons (Fsp3) is 0.125. The van der Waals surface area contributed by atoms with E-state index in [9.17, 15) is 14.4 Å². The molecular weight excluding hydrogens is 510 g/mol. The van der Waals surface area contributed by atoms with E-state index in [0.29, 0.717) is 17.1 Å². The van der Waals surface area contributed by atoms with Gasteiger partial charge in [-0.15, -0.1) is 0 Å². The molecule has 0 amide bonds. The van der Waals surface area contributed by atoms with Gasteiger partial charge in [-0.05, 0) is 72.8 Å². The smallest absolute Gasteiger partial charge is 0.335 e. The largest absolute Gasteiger partial charge is 0.478 e. The summed E-state index contributed by atoms with van der Waals surface area (Å²) in [6, 6.07) is 17.3. The first-order chi connectivity index (χ1) is 18.3. The van der Waals surface area contributed by atoms with E-state index < -0.39 is 35.6 Å². The number of carbonyl (C=O) groups is 3. The number of nitrogens with two attached hydrogens (primary N) is 3. The minimum atomic E-state index is -1.75. The van der Waals surface area contributed by atoms with Gasteiger partial charge in [0.25, 0.3) is 0 Å². The molecule has 0 aromatic heterocycles. The number of carboxylic acid groups (broad SMARTS) is 3. The van der Waals surface area contributed by atoms with Gasteiger partial charge in [0.05, 0.1) is 16.7 Å². The molecule has 0 bridgehead atoms. The third-order valence-corrected chi connectivity index (χ3v) is 5.60. The monoisotopic (exact) mass is 537 g/mol. The van der Waals surface area contributed by atoms with Gasteiger partial charge in [-0.3, -0.25) is 17.2 Å². The summed E-state index contributed by atoms with van der Waals surface area (Å²) < 4.78 is 0. The Morgan fingerprint density at radius 3 is 0.872 bits per heavy atom. The minimum absolute atomic E-state index is 0.0668. The van der Waals surface area contributed by atoms with E-state index in [2.05, 4.69) is 31.9 Å². The average Bonchev–Trinajstić information content (AvgIpc) is 2.83. The third-order valence-electron chi connectivity index (χ3n) is 5.60. The Kier molecular flexibility index (Phi) is 7.12. The molecule has 0 aliphatic carbocycles. The van der Waals surface area contributed by atoms with Crippen molar-refractivity contribution in [2.24, 2.45) is 17.2 Å². The summed E-state index contributed by atoms with van der Waals surface area (Å²) in [5.41, 5.74) is 21.2. The number of benzene rings is 3. The van der Waals surface area contributed by atoms with E-state index in [-0.39, 0.29) is 16.7 Å². The third kappa shape index (κ3) is 6.57. The maximum Gasteiger partial charge on any atom is 0.335 e. The molecule has 39 heavy (non-hydrogen) atoms. The number of nitrogens with one attached hydrogen (secondary N) is 6. The fourth-order valence-corrected chi connectivity index (χ4v) is 3.99. The van der Waals surface area contributed by atoms with Crippen molar-refractivity contribution in [3.63, 3.8) is 0 Å². The molecule has 0 radical (unpaired) electrons. The van der Waals surface area contributed by atoms with Crippen LogP contribution in [0.25, 0.3) is 0 Å². The first kappa shape index (κ1) is 27.3. The number of carboxylic acids is 3. The quantitative estimate of drug-likeness (QED) is 0.159. The van der Waals surface area contributed by atoms with Gasteiger partial charge in [0.1, 0.15) is 0 Å². The molecule has 15 N–H and O–H groups in total. The molecule has 1 aliphatic heterocycles. The second-order valence-electron chi connectivity index (χ2n) is 8.82. The molecule has 0 atom stereocenters. The second-order valence-corrected chi connectivity index (χ2v) is 8.82. The van der Waals surface area contributed by atoms with Crippen LogP contribution < -0.4 is 49.1 Å². The van der Waals surface area contributed by atoms with E-state index in [1.807, 2.05) is 0 Å². The zero-order valence-electron chi connectivity index (χ0n) is 20.2. The number of hydrogen-bond acceptors (Lipinski definition) is 12. The van der Waals surface area contributed by atoms with Crippen LogP contribution in [0, 0.1) is 0 Å². The van der Waals surface area contributed by atoms with E-state index >= 15 is 0 Å². The van der Waals surface area contributed by atoms with Gasteiger partial charge in [-0.2, -0.15) is 0 Å². The number of aromatic carboxylic acids is 3. The van der Waals surface area contributed by atoms with Gasteiger partial charge in [0.2, 0.25) is 17.7 Å². The van der Waals surface area contributed by atoms with Crippen molar-refractivity contribution in [2.75, 3.05) is 16.0 Å². The minimum Gasteiger partial charge on any atom is -0.478 e. The van der Waals surface area contributed by atoms with Crippen molar-refractivity contribution in [3.8, 4) is 0 Å². The van der Waals surface area contributed by atoms with Crippen molar-refractivity contribution in [1.82, 2.24) is 16.0 Å². The van der Waals surface area contributed by atoms with E-state index in [1.165, 1.54) is 72.8 Å². The predicted molar refractivity (Wildman–Crippen MR) is 141 cm³/mol. The highest BCUT2D eigenvalue weighted by atomic mass is 16.4. The highest BCUT2D eigenvalue weighted by Crippen LogP contribution is 2.21. The van der Waals surface area contributed by atoms with E-state index in [0.717, 1.165) is 0 Å². The Labute approximate surface area is 221 Å². The number of rotatable bonds is 9. The lowest BCUT2D eigenvalue weighted by Gasteiger charge is -2.54. The Bertz CT molecular complexity index is 1200. The maximum atomic E-state index is 11.2. The molecule has 3 aromatic carbocycles. The Hall–Kier alpha value is -4.77. The second kappa shape index (κ2) is 10.2. The van der Waals surface area contributed by atoms with Crippen LogP contribution in [0.3, 0.4) is 0 Å². The molecule has 3 aromatic rings. The standard InChI is InChI=1S/C24H27N9O6/c25-22(28-16-7-1-13(2-8-16)19(34)35)31-23(26,29-17-9-3-14(4-10-17)20(36)37)33-24(27,32-22)30-18-11-5-15(6-12-18)21(38)39/h1-12,28-33H,25-27H2,(H,34,35)(H,36,37)(H,38,39). The molecule has 204 valence electrons. The van der Waals surface area contributed by atoms with Crippen molar-refractivity contribution in [1.29, 1.82) is 0 Å². The van der Waals surface area contributed by atoms with Gasteiger partial charge < -0.3 is 31.3 Å². The molecule has 15 heteroatoms. The maximum absolute atomic E-state index is 11.2. The Morgan fingerprint density at radius 1 is 0.487 bits per heavy atom. The van der Waals surface area contributed by atoms with Gasteiger partial charge in [-0.25, -0.2) is 30.3 Å². The molecule has 0 spiro atoms. The Morgan fingerprint density at radius 2 is 0.692 bits per heavy atom. The highest BCUT2D eigenvalue weighted by Gasteiger charge is 2.50. The highest BCUT2D eigenvalue weighted by molar-refractivity contribution is 5.89. The number of hydrogen-bond donors (Lipinski definition) is 12. The Balaban J connectivity index is 1.64. The van der Waals surface area contributed by atoms with Crippen LogP contribution in [-0.2, 0) is 0 Å². The first-order valence-corrected chi connectivity index (χ1v) is 11.4. The van der Waals surface area contributed by atoms with Gasteiger partial charge in [-0.1, -0.05) is 0 Å². The van der Waals surface area contributed by atoms with E-state index in [1.54, 1.807) is 0 Å². The van der Waals surface area contributed by atoms with Crippen molar-refractivity contribution >= 4 is 35.0 Å². The summed E-state index contributed by atoms with van der Waals surface area (Å²) in [4.78, 5) is 33.6. The molecular formula is C24H27N9O6. The molecule has 1 fully saturated rings. The zero-order valence-corrected chi connectivity index (χ0v) is 20.2. The van der Waals surface area contributed by atoms with Crippen LogP contribution in [0.5, 0.6) is 0 Å². The van der Waals surface area contributed by atoms with Gasteiger partial charge >= 0.3 is 17.9 Å². The van der Waals surface area contributed by atoms with E-state index in [4.69, 9.17) is 32.5 Å². The molecule has 4 rings (SSSR count). The fourth-order valence-electron chi connectivity index (χ4n) is 3.99. The molecule has 1 heterocycles. The van der Waals surface area contributed by atoms with Crippen LogP contribution in [0.1, 0.15) is 31.1 Å². The van der Waals surface area contributed by atoms with Crippen LogP contribution in [0.4, 0.5) is 17.1 Å². The van der Waals surface area contributed by atoms with Crippen molar-refractivity contribution in [2.45, 2.75) is 17.7 Å². The lowest BCUT2D eigenvalue weighted by molar-refractivity contribution is 0.0388. The molecule has 15 nitrogen and oxygen atoms in total. The summed E-state index contributed by atoms with van der Waals surface area (Å²) >= 11 is 0. The molecule has 0 unspecified atom stereocenters. The summed E-state index contributed by atoms with van der Waals surface area (Å²) in [6.45, 7) is 0. The lowest BCUT2D eigenvalue weighted by Crippen LogP contribution is -2.96. The topological polar surface area (TPSA) is 262 Å². The van der Waals surface area contributed by atoms with Gasteiger partial charge in [0.15, 0.2) is 0 Å². The van der Waals surface area contributed by atoms with Crippen LogP contribution in [0.2, 0.25) is 0 Å². The number of anilines is 3. The summed E-state index contributed by atoms with van der Waals surface area (Å²) in [6.07, 6.45) is 0. The summed E-state index contributed by atoms with van der Waals surface area (Å²) in [5.74, 6) is -8.54.